The lowest BCUT2D eigenvalue weighted by Gasteiger charge is -2.28. The fourth-order valence-corrected chi connectivity index (χ4v) is 3.58. The van der Waals surface area contributed by atoms with Crippen LogP contribution in [0.4, 0.5) is 0 Å². The van der Waals surface area contributed by atoms with Gasteiger partial charge in [-0.1, -0.05) is 15.9 Å². The van der Waals surface area contributed by atoms with Crippen molar-refractivity contribution in [2.75, 3.05) is 6.54 Å². The van der Waals surface area contributed by atoms with Crippen LogP contribution in [0, 0.1) is 0 Å². The lowest BCUT2D eigenvalue weighted by molar-refractivity contribution is -0.149. The molecule has 1 aromatic carbocycles. The molecule has 2 aliphatic heterocycles. The Morgan fingerprint density at radius 1 is 1.25 bits per heavy atom. The molecule has 3 rings (SSSR count). The van der Waals surface area contributed by atoms with Gasteiger partial charge in [-0.3, -0.25) is 19.3 Å². The number of carbonyl (C=O) groups excluding carboxylic acids is 3. The fourth-order valence-electron chi connectivity index (χ4n) is 3.22. The normalized spacial score (nSPS) is 21.2. The minimum Gasteiger partial charge on any atom is -0.480 e. The highest BCUT2D eigenvalue weighted by Crippen LogP contribution is 2.29. The number of hydrogen-bond donors (Lipinski definition) is 1. The molecule has 1 saturated heterocycles. The molecule has 0 spiro atoms. The first-order valence-corrected chi connectivity index (χ1v) is 8.33. The lowest BCUT2D eigenvalue weighted by atomic mass is 10.1. The molecule has 7 nitrogen and oxygen atoms in total. The first-order chi connectivity index (χ1) is 11.3. The van der Waals surface area contributed by atoms with E-state index in [1.165, 1.54) is 17.9 Å². The Balaban J connectivity index is 1.87. The van der Waals surface area contributed by atoms with Gasteiger partial charge in [-0.05, 0) is 38.0 Å². The van der Waals surface area contributed by atoms with Gasteiger partial charge in [-0.2, -0.15) is 0 Å². The average Bonchev–Trinajstić information content (AvgIpc) is 3.11. The third-order valence-corrected chi connectivity index (χ3v) is 4.94. The van der Waals surface area contributed by atoms with Gasteiger partial charge in [0.2, 0.25) is 5.91 Å². The van der Waals surface area contributed by atoms with Crippen LogP contribution in [0.2, 0.25) is 0 Å². The molecule has 2 aliphatic rings. The van der Waals surface area contributed by atoms with Gasteiger partial charge in [-0.15, -0.1) is 0 Å². The summed E-state index contributed by atoms with van der Waals surface area (Å²) in [5.74, 6) is -2.66. The Morgan fingerprint density at radius 2 is 1.92 bits per heavy atom. The summed E-state index contributed by atoms with van der Waals surface area (Å²) < 4.78 is 0.661. The minimum atomic E-state index is -1.07. The van der Waals surface area contributed by atoms with Crippen molar-refractivity contribution in [3.63, 3.8) is 0 Å². The van der Waals surface area contributed by atoms with Gasteiger partial charge < -0.3 is 10.0 Å². The van der Waals surface area contributed by atoms with E-state index in [1.54, 1.807) is 12.1 Å². The summed E-state index contributed by atoms with van der Waals surface area (Å²) in [5.41, 5.74) is 0.490. The second-order valence-corrected chi connectivity index (χ2v) is 6.79. The van der Waals surface area contributed by atoms with Crippen molar-refractivity contribution in [3.05, 3.63) is 33.8 Å². The molecule has 2 atom stereocenters. The third kappa shape index (κ3) is 2.50. The van der Waals surface area contributed by atoms with E-state index in [2.05, 4.69) is 15.9 Å². The van der Waals surface area contributed by atoms with Crippen LogP contribution in [0.25, 0.3) is 0 Å². The molecular formula is C16H15BrN2O5. The first kappa shape index (κ1) is 16.6. The Hall–Kier alpha value is -2.22. The molecule has 0 saturated carbocycles. The van der Waals surface area contributed by atoms with Crippen molar-refractivity contribution in [2.24, 2.45) is 0 Å². The number of nitrogens with zero attached hydrogens (tertiary/aromatic N) is 2. The first-order valence-electron chi connectivity index (χ1n) is 7.53. The monoisotopic (exact) mass is 394 g/mol. The molecule has 3 amide bonds. The molecule has 1 N–H and O–H groups in total. The Bertz CT molecular complexity index is 763. The topological polar surface area (TPSA) is 95.0 Å². The van der Waals surface area contributed by atoms with E-state index in [0.717, 1.165) is 4.90 Å². The number of hydrogen-bond acceptors (Lipinski definition) is 4. The summed E-state index contributed by atoms with van der Waals surface area (Å²) in [7, 11) is 0. The molecule has 8 heteroatoms. The highest BCUT2D eigenvalue weighted by atomic mass is 79.9. The molecule has 1 unspecified atom stereocenters. The molecule has 0 bridgehead atoms. The van der Waals surface area contributed by atoms with Crippen molar-refractivity contribution in [2.45, 2.75) is 31.8 Å². The van der Waals surface area contributed by atoms with Crippen molar-refractivity contribution >= 4 is 39.6 Å². The maximum absolute atomic E-state index is 12.7. The molecule has 1 fully saturated rings. The van der Waals surface area contributed by atoms with Gasteiger partial charge in [0.25, 0.3) is 11.8 Å². The second kappa shape index (κ2) is 6.01. The Kier molecular flexibility index (Phi) is 4.16. The number of imide groups is 1. The second-order valence-electron chi connectivity index (χ2n) is 5.87. The molecule has 0 aliphatic carbocycles. The number of fused-ring (bicyclic) bond motifs is 1. The van der Waals surface area contributed by atoms with E-state index in [1.807, 2.05) is 0 Å². The zero-order valence-electron chi connectivity index (χ0n) is 12.9. The number of rotatable bonds is 3. The maximum atomic E-state index is 12.7. The molecule has 0 radical (unpaired) electrons. The van der Waals surface area contributed by atoms with Gasteiger partial charge >= 0.3 is 5.97 Å². The average molecular weight is 395 g/mol. The number of aliphatic carboxylic acids is 1. The number of amides is 3. The quantitative estimate of drug-likeness (QED) is 0.783. The smallest absolute Gasteiger partial charge is 0.326 e. The van der Waals surface area contributed by atoms with Gasteiger partial charge in [-0.25, -0.2) is 4.79 Å². The number of carboxylic acid groups (broad SMARTS) is 1. The number of halogens is 1. The third-order valence-electron chi connectivity index (χ3n) is 4.45. The number of carboxylic acids is 1. The van der Waals surface area contributed by atoms with Crippen molar-refractivity contribution in [3.8, 4) is 0 Å². The maximum Gasteiger partial charge on any atom is 0.326 e. The number of benzene rings is 1. The lowest BCUT2D eigenvalue weighted by Crippen LogP contribution is -2.52. The van der Waals surface area contributed by atoms with Crippen LogP contribution in [0.3, 0.4) is 0 Å². The highest BCUT2D eigenvalue weighted by Gasteiger charge is 2.44. The van der Waals surface area contributed by atoms with Crippen molar-refractivity contribution in [1.29, 1.82) is 0 Å². The molecule has 0 aromatic heterocycles. The molecule has 24 heavy (non-hydrogen) atoms. The standard InChI is InChI=1S/C16H15BrN2O5/c1-8(13(20)18-6-2-3-12(18)16(23)24)19-14(21)10-5-4-9(17)7-11(10)15(19)22/h4-5,7-8,12H,2-3,6H2,1H3,(H,23,24)/t8?,12-/m1/s1. The van der Waals surface area contributed by atoms with E-state index < -0.39 is 35.8 Å². The minimum absolute atomic E-state index is 0.241. The summed E-state index contributed by atoms with van der Waals surface area (Å²) >= 11 is 3.25. The van der Waals surface area contributed by atoms with Gasteiger partial charge in [0.15, 0.2) is 0 Å². The Morgan fingerprint density at radius 3 is 2.58 bits per heavy atom. The van der Waals surface area contributed by atoms with Crippen LogP contribution in [0.5, 0.6) is 0 Å². The van der Waals surface area contributed by atoms with Gasteiger partial charge in [0, 0.05) is 11.0 Å². The van der Waals surface area contributed by atoms with E-state index in [0.29, 0.717) is 23.9 Å². The van der Waals surface area contributed by atoms with E-state index in [4.69, 9.17) is 0 Å². The van der Waals surface area contributed by atoms with Crippen LogP contribution in [-0.2, 0) is 9.59 Å². The zero-order valence-corrected chi connectivity index (χ0v) is 14.4. The highest BCUT2D eigenvalue weighted by molar-refractivity contribution is 9.10. The zero-order chi connectivity index (χ0) is 17.6. The van der Waals surface area contributed by atoms with Crippen LogP contribution in [0.1, 0.15) is 40.5 Å². The number of likely N-dealkylation sites (tertiary alicyclic amines) is 1. The van der Waals surface area contributed by atoms with Crippen LogP contribution in [-0.4, -0.2) is 57.2 Å². The van der Waals surface area contributed by atoms with Crippen LogP contribution < -0.4 is 0 Å². The molecular weight excluding hydrogens is 380 g/mol. The van der Waals surface area contributed by atoms with Crippen LogP contribution >= 0.6 is 15.9 Å². The van der Waals surface area contributed by atoms with Gasteiger partial charge in [0.05, 0.1) is 11.1 Å². The fraction of sp³-hybridized carbons (Fsp3) is 0.375. The summed E-state index contributed by atoms with van der Waals surface area (Å²) in [5, 5.41) is 9.21. The summed E-state index contributed by atoms with van der Waals surface area (Å²) in [6, 6.07) is 2.79. The van der Waals surface area contributed by atoms with Gasteiger partial charge in [0.1, 0.15) is 12.1 Å². The number of carbonyl (C=O) groups is 4. The predicted molar refractivity (Wildman–Crippen MR) is 86.5 cm³/mol. The summed E-state index contributed by atoms with van der Waals surface area (Å²) in [6.45, 7) is 1.77. The van der Waals surface area contributed by atoms with E-state index in [9.17, 15) is 24.3 Å². The summed E-state index contributed by atoms with van der Waals surface area (Å²) in [6.07, 6.45) is 0.966. The van der Waals surface area contributed by atoms with Crippen molar-refractivity contribution < 1.29 is 24.3 Å². The van der Waals surface area contributed by atoms with E-state index >= 15 is 0 Å². The van der Waals surface area contributed by atoms with Crippen LogP contribution in [0.15, 0.2) is 22.7 Å². The molecule has 2 heterocycles. The van der Waals surface area contributed by atoms with Crippen molar-refractivity contribution in [1.82, 2.24) is 9.80 Å². The SMILES string of the molecule is CC(C(=O)N1CCC[C@@H]1C(=O)O)N1C(=O)c2ccc(Br)cc2C1=O. The Labute approximate surface area is 146 Å². The predicted octanol–water partition coefficient (Wildman–Crippen LogP) is 1.51. The molecule has 1 aromatic rings. The van der Waals surface area contributed by atoms with E-state index in [-0.39, 0.29) is 11.1 Å². The largest absolute Gasteiger partial charge is 0.480 e. The molecule has 126 valence electrons. The summed E-state index contributed by atoms with van der Waals surface area (Å²) in [4.78, 5) is 51.1.